The number of carbonyl (C=O) groups excluding carboxylic acids is 1. The molecule has 2 heterocycles. The van der Waals surface area contributed by atoms with Crippen molar-refractivity contribution in [3.05, 3.63) is 22.4 Å². The van der Waals surface area contributed by atoms with Gasteiger partial charge in [0.1, 0.15) is 5.69 Å². The Hall–Kier alpha value is -0.810. The number of hydrogen-bond donors (Lipinski definition) is 2. The molecule has 0 aliphatic carbocycles. The van der Waals surface area contributed by atoms with Gasteiger partial charge in [0.05, 0.1) is 0 Å². The monoisotopic (exact) mass is 327 g/mol. The fraction of sp³-hybridized carbons (Fsp3) is 0.643. The van der Waals surface area contributed by atoms with Crippen molar-refractivity contribution in [2.45, 2.75) is 32.7 Å². The van der Waals surface area contributed by atoms with E-state index >= 15 is 0 Å². The lowest BCUT2D eigenvalue weighted by molar-refractivity contribution is 0.0716. The summed E-state index contributed by atoms with van der Waals surface area (Å²) in [5.74, 6) is 0.567. The fourth-order valence-corrected chi connectivity index (χ4v) is 2.86. The smallest absolute Gasteiger partial charge is 0.270 e. The zero-order valence-corrected chi connectivity index (χ0v) is 13.2. The first-order chi connectivity index (χ1) is 9.06. The molecule has 1 saturated heterocycles. The molecule has 1 amide bonds. The van der Waals surface area contributed by atoms with Crippen molar-refractivity contribution in [3.63, 3.8) is 0 Å². The highest BCUT2D eigenvalue weighted by molar-refractivity contribution is 9.10. The van der Waals surface area contributed by atoms with Crippen LogP contribution in [0.15, 0.2) is 16.7 Å². The molecule has 5 heteroatoms. The maximum atomic E-state index is 12.5. The highest BCUT2D eigenvalue weighted by atomic mass is 79.9. The molecular weight excluding hydrogens is 306 g/mol. The quantitative estimate of drug-likeness (QED) is 0.873. The molecule has 2 N–H and O–H groups in total. The van der Waals surface area contributed by atoms with Crippen molar-refractivity contribution in [1.29, 1.82) is 0 Å². The molecular formula is C14H22BrN3O. The number of nitrogens with zero attached hydrogens (tertiary/aromatic N) is 1. The SMILES string of the molecule is CC(C)CN(CC1CCCN1)C(=O)c1cc(Br)c[nH]1. The lowest BCUT2D eigenvalue weighted by atomic mass is 10.1. The van der Waals surface area contributed by atoms with Gasteiger partial charge in [-0.25, -0.2) is 0 Å². The van der Waals surface area contributed by atoms with Gasteiger partial charge in [-0.05, 0) is 47.3 Å². The van der Waals surface area contributed by atoms with Crippen LogP contribution in [0.5, 0.6) is 0 Å². The van der Waals surface area contributed by atoms with Crippen molar-refractivity contribution in [3.8, 4) is 0 Å². The third kappa shape index (κ3) is 4.08. The van der Waals surface area contributed by atoms with Crippen molar-refractivity contribution >= 4 is 21.8 Å². The normalized spacial score (nSPS) is 19.1. The predicted molar refractivity (Wildman–Crippen MR) is 80.3 cm³/mol. The van der Waals surface area contributed by atoms with Crippen LogP contribution in [0.1, 0.15) is 37.2 Å². The predicted octanol–water partition coefficient (Wildman–Crippen LogP) is 2.63. The van der Waals surface area contributed by atoms with Gasteiger partial charge in [0.2, 0.25) is 0 Å². The highest BCUT2D eigenvalue weighted by Crippen LogP contribution is 2.15. The van der Waals surface area contributed by atoms with Gasteiger partial charge in [-0.2, -0.15) is 0 Å². The Morgan fingerprint density at radius 3 is 2.89 bits per heavy atom. The number of aromatic amines is 1. The number of hydrogen-bond acceptors (Lipinski definition) is 2. The zero-order valence-electron chi connectivity index (χ0n) is 11.6. The van der Waals surface area contributed by atoms with Crippen LogP contribution in [0.2, 0.25) is 0 Å². The summed E-state index contributed by atoms with van der Waals surface area (Å²) in [6.07, 6.45) is 4.17. The van der Waals surface area contributed by atoms with Gasteiger partial charge in [-0.1, -0.05) is 13.8 Å². The van der Waals surface area contributed by atoms with Crippen LogP contribution in [0.3, 0.4) is 0 Å². The number of H-pyrrole nitrogens is 1. The summed E-state index contributed by atoms with van der Waals surface area (Å²) < 4.78 is 0.916. The van der Waals surface area contributed by atoms with Crippen LogP contribution < -0.4 is 5.32 Å². The summed E-state index contributed by atoms with van der Waals surface area (Å²) in [7, 11) is 0. The molecule has 4 nitrogen and oxygen atoms in total. The van der Waals surface area contributed by atoms with E-state index in [1.165, 1.54) is 6.42 Å². The summed E-state index contributed by atoms with van der Waals surface area (Å²) in [6.45, 7) is 6.96. The maximum absolute atomic E-state index is 12.5. The zero-order chi connectivity index (χ0) is 13.8. The second-order valence-electron chi connectivity index (χ2n) is 5.63. The van der Waals surface area contributed by atoms with Crippen LogP contribution in [0, 0.1) is 5.92 Å². The van der Waals surface area contributed by atoms with Crippen LogP contribution in [-0.2, 0) is 0 Å². The molecule has 0 bridgehead atoms. The molecule has 2 rings (SSSR count). The molecule has 1 atom stereocenters. The molecule has 0 spiro atoms. The molecule has 106 valence electrons. The maximum Gasteiger partial charge on any atom is 0.270 e. The second kappa shape index (κ2) is 6.57. The molecule has 0 saturated carbocycles. The Bertz CT molecular complexity index is 424. The average Bonchev–Trinajstić information content (AvgIpc) is 2.98. The molecule has 0 radical (unpaired) electrons. The van der Waals surface area contributed by atoms with E-state index in [0.29, 0.717) is 17.7 Å². The van der Waals surface area contributed by atoms with Crippen molar-refractivity contribution in [2.24, 2.45) is 5.92 Å². The van der Waals surface area contributed by atoms with Crippen LogP contribution in [0.25, 0.3) is 0 Å². The molecule has 0 aromatic carbocycles. The molecule has 1 fully saturated rings. The lowest BCUT2D eigenvalue weighted by Crippen LogP contribution is -2.43. The largest absolute Gasteiger partial charge is 0.356 e. The summed E-state index contributed by atoms with van der Waals surface area (Å²) in [6, 6.07) is 2.29. The Morgan fingerprint density at radius 1 is 1.58 bits per heavy atom. The van der Waals surface area contributed by atoms with Gasteiger partial charge in [0.15, 0.2) is 0 Å². The van der Waals surface area contributed by atoms with E-state index in [4.69, 9.17) is 0 Å². The van der Waals surface area contributed by atoms with E-state index in [1.54, 1.807) is 6.20 Å². The number of nitrogens with one attached hydrogen (secondary N) is 2. The van der Waals surface area contributed by atoms with E-state index in [9.17, 15) is 4.79 Å². The third-order valence-corrected chi connectivity index (χ3v) is 3.81. The number of aromatic nitrogens is 1. The van der Waals surface area contributed by atoms with Gasteiger partial charge >= 0.3 is 0 Å². The van der Waals surface area contributed by atoms with E-state index in [1.807, 2.05) is 11.0 Å². The number of halogens is 1. The minimum atomic E-state index is 0.0908. The van der Waals surface area contributed by atoms with Gasteiger partial charge < -0.3 is 15.2 Å². The Labute approximate surface area is 123 Å². The first-order valence-corrected chi connectivity index (χ1v) is 7.72. The lowest BCUT2D eigenvalue weighted by Gasteiger charge is -2.27. The van der Waals surface area contributed by atoms with E-state index in [-0.39, 0.29) is 5.91 Å². The molecule has 1 aliphatic heterocycles. The van der Waals surface area contributed by atoms with Gasteiger partial charge in [-0.3, -0.25) is 4.79 Å². The van der Waals surface area contributed by atoms with E-state index < -0.39 is 0 Å². The third-order valence-electron chi connectivity index (χ3n) is 3.35. The minimum Gasteiger partial charge on any atom is -0.356 e. The second-order valence-corrected chi connectivity index (χ2v) is 6.54. The summed E-state index contributed by atoms with van der Waals surface area (Å²) >= 11 is 3.37. The first-order valence-electron chi connectivity index (χ1n) is 6.93. The Morgan fingerprint density at radius 2 is 2.37 bits per heavy atom. The average molecular weight is 328 g/mol. The van der Waals surface area contributed by atoms with E-state index in [2.05, 4.69) is 40.1 Å². The van der Waals surface area contributed by atoms with E-state index in [0.717, 1.165) is 30.5 Å². The molecule has 1 unspecified atom stereocenters. The molecule has 1 aromatic heterocycles. The molecule has 1 aliphatic rings. The van der Waals surface area contributed by atoms with Crippen LogP contribution in [0.4, 0.5) is 0 Å². The fourth-order valence-electron chi connectivity index (χ4n) is 2.52. The topological polar surface area (TPSA) is 48.1 Å². The van der Waals surface area contributed by atoms with Crippen molar-refractivity contribution in [1.82, 2.24) is 15.2 Å². The molecule has 19 heavy (non-hydrogen) atoms. The van der Waals surface area contributed by atoms with Gasteiger partial charge in [0.25, 0.3) is 5.91 Å². The number of amides is 1. The molecule has 1 aromatic rings. The summed E-state index contributed by atoms with van der Waals surface area (Å²) in [5.41, 5.74) is 0.658. The van der Waals surface area contributed by atoms with Crippen LogP contribution >= 0.6 is 15.9 Å². The Balaban J connectivity index is 2.05. The standard InChI is InChI=1S/C14H22BrN3O/c1-10(2)8-18(9-12-4-3-5-16-12)14(19)13-6-11(15)7-17-13/h6-7,10,12,16-17H,3-5,8-9H2,1-2H3. The van der Waals surface area contributed by atoms with Crippen molar-refractivity contribution in [2.75, 3.05) is 19.6 Å². The summed E-state index contributed by atoms with van der Waals surface area (Å²) in [5, 5.41) is 3.46. The van der Waals surface area contributed by atoms with Gasteiger partial charge in [-0.15, -0.1) is 0 Å². The van der Waals surface area contributed by atoms with Crippen molar-refractivity contribution < 1.29 is 4.79 Å². The summed E-state index contributed by atoms with van der Waals surface area (Å²) in [4.78, 5) is 17.5. The van der Waals surface area contributed by atoms with Gasteiger partial charge in [0, 0.05) is 29.8 Å². The first kappa shape index (κ1) is 14.6. The highest BCUT2D eigenvalue weighted by Gasteiger charge is 2.23. The Kier molecular flexibility index (Phi) is 5.05. The number of carbonyl (C=O) groups is 1. The number of rotatable bonds is 5. The van der Waals surface area contributed by atoms with Crippen LogP contribution in [-0.4, -0.2) is 41.5 Å². The minimum absolute atomic E-state index is 0.0908.